The second-order valence-electron chi connectivity index (χ2n) is 9.01. The van der Waals surface area contributed by atoms with Crippen LogP contribution in [0, 0.1) is 5.92 Å². The predicted octanol–water partition coefficient (Wildman–Crippen LogP) is 6.24. The Hall–Kier alpha value is -1.35. The fourth-order valence-corrected chi connectivity index (χ4v) is 5.47. The number of likely N-dealkylation sites (N-methyl/N-ethyl adjacent to an activating group) is 1. The monoisotopic (exact) mass is 412 g/mol. The lowest BCUT2D eigenvalue weighted by molar-refractivity contribution is 0.0131. The van der Waals surface area contributed by atoms with Crippen molar-refractivity contribution in [2.75, 3.05) is 27.7 Å². The summed E-state index contributed by atoms with van der Waals surface area (Å²) >= 11 is 6.18. The third-order valence-corrected chi connectivity index (χ3v) is 7.31. The van der Waals surface area contributed by atoms with Crippen molar-refractivity contribution >= 4 is 11.6 Å². The van der Waals surface area contributed by atoms with Crippen molar-refractivity contribution in [1.29, 1.82) is 0 Å². The van der Waals surface area contributed by atoms with Gasteiger partial charge in [0, 0.05) is 23.1 Å². The molecule has 0 aromatic heterocycles. The van der Waals surface area contributed by atoms with Crippen molar-refractivity contribution < 1.29 is 0 Å². The van der Waals surface area contributed by atoms with Gasteiger partial charge in [-0.15, -0.1) is 0 Å². The average molecular weight is 413 g/mol. The third kappa shape index (κ3) is 5.23. The van der Waals surface area contributed by atoms with Crippen LogP contribution in [0.5, 0.6) is 0 Å². The smallest absolute Gasteiger partial charge is 0.0458 e. The lowest BCUT2D eigenvalue weighted by Crippen LogP contribution is -2.52. The van der Waals surface area contributed by atoms with Crippen LogP contribution in [-0.2, 0) is 12.0 Å². The molecular weight excluding hydrogens is 376 g/mol. The molecular formula is C26H37ClN2. The van der Waals surface area contributed by atoms with Gasteiger partial charge in [0.05, 0.1) is 0 Å². The van der Waals surface area contributed by atoms with Gasteiger partial charge in [-0.25, -0.2) is 0 Å². The van der Waals surface area contributed by atoms with Gasteiger partial charge in [-0.3, -0.25) is 4.90 Å². The lowest BCUT2D eigenvalue weighted by Gasteiger charge is -2.51. The molecule has 3 rings (SSSR count). The van der Waals surface area contributed by atoms with Crippen LogP contribution in [-0.4, -0.2) is 43.5 Å². The Morgan fingerprint density at radius 2 is 1.69 bits per heavy atom. The highest BCUT2D eigenvalue weighted by atomic mass is 35.5. The highest BCUT2D eigenvalue weighted by molar-refractivity contribution is 6.30. The zero-order valence-corrected chi connectivity index (χ0v) is 19.3. The molecule has 1 aliphatic rings. The Morgan fingerprint density at radius 1 is 1.00 bits per heavy atom. The molecule has 3 heteroatoms. The van der Waals surface area contributed by atoms with Gasteiger partial charge in [0.25, 0.3) is 0 Å². The van der Waals surface area contributed by atoms with Crippen LogP contribution in [0.25, 0.3) is 0 Å². The Labute approximate surface area is 182 Å². The topological polar surface area (TPSA) is 6.48 Å². The molecule has 3 atom stereocenters. The summed E-state index contributed by atoms with van der Waals surface area (Å²) in [5.41, 5.74) is 2.96. The molecule has 3 unspecified atom stereocenters. The van der Waals surface area contributed by atoms with Crippen LogP contribution in [0.3, 0.4) is 0 Å². The molecule has 0 amide bonds. The van der Waals surface area contributed by atoms with Gasteiger partial charge in [0.1, 0.15) is 0 Å². The van der Waals surface area contributed by atoms with Gasteiger partial charge in [0.2, 0.25) is 0 Å². The van der Waals surface area contributed by atoms with E-state index in [2.05, 4.69) is 92.5 Å². The number of halogens is 1. The lowest BCUT2D eigenvalue weighted by atomic mass is 9.67. The van der Waals surface area contributed by atoms with Crippen LogP contribution in [0.1, 0.15) is 50.2 Å². The van der Waals surface area contributed by atoms with Crippen molar-refractivity contribution in [3.8, 4) is 0 Å². The van der Waals surface area contributed by atoms with Gasteiger partial charge in [-0.05, 0) is 82.4 Å². The van der Waals surface area contributed by atoms with Crippen LogP contribution in [0.15, 0.2) is 54.6 Å². The van der Waals surface area contributed by atoms with E-state index in [-0.39, 0.29) is 5.54 Å². The van der Waals surface area contributed by atoms with E-state index in [0.29, 0.717) is 12.0 Å². The van der Waals surface area contributed by atoms with Gasteiger partial charge in [0.15, 0.2) is 0 Å². The maximum Gasteiger partial charge on any atom is 0.0458 e. The number of hydrogen-bond donors (Lipinski definition) is 0. The molecule has 0 N–H and O–H groups in total. The SMILES string of the molecule is CCCC1CC(c2ccc(Cl)cc2)(N(C)C)CCC1N(C)CCc1ccccc1. The number of benzene rings is 2. The van der Waals surface area contributed by atoms with E-state index in [9.17, 15) is 0 Å². The summed E-state index contributed by atoms with van der Waals surface area (Å²) in [4.78, 5) is 5.09. The molecule has 0 heterocycles. The van der Waals surface area contributed by atoms with Crippen molar-refractivity contribution in [2.45, 2.75) is 57.0 Å². The molecule has 29 heavy (non-hydrogen) atoms. The van der Waals surface area contributed by atoms with E-state index in [1.165, 1.54) is 43.2 Å². The minimum Gasteiger partial charge on any atom is -0.303 e. The van der Waals surface area contributed by atoms with Crippen molar-refractivity contribution in [2.24, 2.45) is 5.92 Å². The summed E-state index contributed by atoms with van der Waals surface area (Å²) in [5, 5.41) is 0.821. The average Bonchev–Trinajstić information content (AvgIpc) is 2.73. The number of hydrogen-bond acceptors (Lipinski definition) is 2. The second kappa shape index (κ2) is 10.1. The molecule has 0 spiro atoms. The molecule has 1 aliphatic carbocycles. The van der Waals surface area contributed by atoms with Crippen molar-refractivity contribution in [3.63, 3.8) is 0 Å². The standard InChI is InChI=1S/C26H37ClN2/c1-5-9-22-20-26(28(2)3,23-12-14-24(27)15-13-23)18-16-25(22)29(4)19-17-21-10-7-6-8-11-21/h6-8,10-15,22,25H,5,9,16-20H2,1-4H3. The molecule has 1 saturated carbocycles. The van der Waals surface area contributed by atoms with Gasteiger partial charge in [-0.2, -0.15) is 0 Å². The highest BCUT2D eigenvalue weighted by Crippen LogP contribution is 2.46. The van der Waals surface area contributed by atoms with E-state index in [1.807, 2.05) is 0 Å². The van der Waals surface area contributed by atoms with Gasteiger partial charge in [-0.1, -0.05) is 67.4 Å². The zero-order chi connectivity index (χ0) is 20.9. The minimum atomic E-state index is 0.112. The maximum absolute atomic E-state index is 6.18. The highest BCUT2D eigenvalue weighted by Gasteiger charge is 2.44. The number of nitrogens with zero attached hydrogens (tertiary/aromatic N) is 2. The summed E-state index contributed by atoms with van der Waals surface area (Å²) in [6.07, 6.45) is 7.33. The first kappa shape index (κ1) is 22.3. The van der Waals surface area contributed by atoms with Crippen LogP contribution < -0.4 is 0 Å². The molecule has 0 saturated heterocycles. The first-order chi connectivity index (χ1) is 14.0. The number of rotatable bonds is 8. The van der Waals surface area contributed by atoms with Gasteiger partial charge >= 0.3 is 0 Å². The zero-order valence-electron chi connectivity index (χ0n) is 18.6. The summed E-state index contributed by atoms with van der Waals surface area (Å²) in [6.45, 7) is 3.46. The fraction of sp³-hybridized carbons (Fsp3) is 0.538. The minimum absolute atomic E-state index is 0.112. The van der Waals surface area contributed by atoms with Crippen molar-refractivity contribution in [3.05, 3.63) is 70.7 Å². The Bertz CT molecular complexity index is 743. The van der Waals surface area contributed by atoms with Crippen molar-refractivity contribution in [1.82, 2.24) is 9.80 Å². The largest absolute Gasteiger partial charge is 0.303 e. The van der Waals surface area contributed by atoms with E-state index < -0.39 is 0 Å². The Balaban J connectivity index is 1.75. The van der Waals surface area contributed by atoms with Crippen LogP contribution >= 0.6 is 11.6 Å². The molecule has 0 radical (unpaired) electrons. The van der Waals surface area contributed by atoms with E-state index in [1.54, 1.807) is 0 Å². The molecule has 2 nitrogen and oxygen atoms in total. The first-order valence-corrected chi connectivity index (χ1v) is 11.5. The molecule has 2 aromatic carbocycles. The summed E-state index contributed by atoms with van der Waals surface area (Å²) in [5.74, 6) is 0.715. The second-order valence-corrected chi connectivity index (χ2v) is 9.44. The molecule has 0 bridgehead atoms. The van der Waals surface area contributed by atoms with Crippen LogP contribution in [0.4, 0.5) is 0 Å². The quantitative estimate of drug-likeness (QED) is 0.506. The fourth-order valence-electron chi connectivity index (χ4n) is 5.34. The maximum atomic E-state index is 6.18. The van der Waals surface area contributed by atoms with E-state index >= 15 is 0 Å². The van der Waals surface area contributed by atoms with Gasteiger partial charge < -0.3 is 4.90 Å². The van der Waals surface area contributed by atoms with E-state index in [0.717, 1.165) is 18.0 Å². The predicted molar refractivity (Wildman–Crippen MR) is 126 cm³/mol. The Kier molecular flexibility index (Phi) is 7.79. The Morgan fingerprint density at radius 3 is 2.31 bits per heavy atom. The molecule has 0 aliphatic heterocycles. The third-order valence-electron chi connectivity index (χ3n) is 7.06. The summed E-state index contributed by atoms with van der Waals surface area (Å²) < 4.78 is 0. The normalized spacial score (nSPS) is 24.9. The summed E-state index contributed by atoms with van der Waals surface area (Å²) in [7, 11) is 6.83. The first-order valence-electron chi connectivity index (χ1n) is 11.1. The molecule has 158 valence electrons. The van der Waals surface area contributed by atoms with E-state index in [4.69, 9.17) is 11.6 Å². The van der Waals surface area contributed by atoms with Crippen LogP contribution in [0.2, 0.25) is 5.02 Å². The molecule has 2 aromatic rings. The molecule has 1 fully saturated rings. The summed E-state index contributed by atoms with van der Waals surface area (Å²) in [6, 6.07) is 20.1.